The van der Waals surface area contributed by atoms with Crippen molar-refractivity contribution in [1.82, 2.24) is 19.8 Å². The zero-order valence-electron chi connectivity index (χ0n) is 28.9. The number of aromatic nitrogens is 2. The number of carbonyl (C=O) groups is 1. The van der Waals surface area contributed by atoms with Crippen LogP contribution in [0, 0.1) is 28.9 Å². The minimum atomic E-state index is -5.14. The molecule has 0 saturated carbocycles. The van der Waals surface area contributed by atoms with Crippen molar-refractivity contribution in [3.8, 4) is 23.2 Å². The maximum Gasteiger partial charge on any atom is 0.417 e. The smallest absolute Gasteiger partial charge is 0.417 e. The Balaban J connectivity index is 1.43. The first-order valence-electron chi connectivity index (χ1n) is 17.4. The van der Waals surface area contributed by atoms with Crippen LogP contribution in [0.2, 0.25) is 0 Å². The number of carbonyl (C=O) groups excluding carboxylic acids is 1. The number of likely N-dealkylation sites (N-methyl/N-ethyl adjacent to an activating group) is 1. The highest BCUT2D eigenvalue weighted by atomic mass is 32.1. The van der Waals surface area contributed by atoms with Gasteiger partial charge in [0.2, 0.25) is 5.91 Å². The summed E-state index contributed by atoms with van der Waals surface area (Å²) in [5.41, 5.74) is 1.79. The quantitative estimate of drug-likeness (QED) is 0.190. The third kappa shape index (κ3) is 6.27. The van der Waals surface area contributed by atoms with Gasteiger partial charge in [0.1, 0.15) is 41.0 Å². The Bertz CT molecular complexity index is 2140. The summed E-state index contributed by atoms with van der Waals surface area (Å²) in [6, 6.07) is 3.67. The summed E-state index contributed by atoms with van der Waals surface area (Å²) in [5.74, 6) is -3.23. The number of hydrogen-bond donors (Lipinski definition) is 2. The summed E-state index contributed by atoms with van der Waals surface area (Å²) in [7, 11) is 0. The third-order valence-corrected chi connectivity index (χ3v) is 11.9. The molecule has 3 aliphatic rings. The Morgan fingerprint density at radius 2 is 2.04 bits per heavy atom. The van der Waals surface area contributed by atoms with Crippen LogP contribution in [0.4, 0.5) is 37.2 Å². The van der Waals surface area contributed by atoms with E-state index in [1.54, 1.807) is 23.6 Å². The Hall–Kier alpha value is -4.40. The number of ether oxygens (including phenoxy) is 1. The zero-order chi connectivity index (χ0) is 38.0. The lowest BCUT2D eigenvalue weighted by Gasteiger charge is -2.32. The van der Waals surface area contributed by atoms with E-state index in [-0.39, 0.29) is 83.0 Å². The first-order valence-corrected chi connectivity index (χ1v) is 18.2. The number of thiophene rings is 1. The maximum absolute atomic E-state index is 17.2. The summed E-state index contributed by atoms with van der Waals surface area (Å²) in [5, 5.41) is 18.7. The third-order valence-electron chi connectivity index (χ3n) is 10.8. The van der Waals surface area contributed by atoms with Crippen LogP contribution in [0.5, 0.6) is 6.01 Å². The molecule has 3 saturated heterocycles. The zero-order valence-corrected chi connectivity index (χ0v) is 29.8. The molecule has 3 aliphatic heterocycles. The second-order valence-corrected chi connectivity index (χ2v) is 15.1. The number of aliphatic hydroxyl groups is 1. The molecule has 0 radical (unpaired) electrons. The molecule has 3 N–H and O–H groups in total. The van der Waals surface area contributed by atoms with Crippen LogP contribution in [0.3, 0.4) is 0 Å². The summed E-state index contributed by atoms with van der Waals surface area (Å²) in [6.07, 6.45) is -4.13. The number of aliphatic hydroxyl groups excluding tert-OH is 1. The number of nitrogens with zero attached hydrogens (tertiary/aromatic N) is 6. The molecule has 3 fully saturated rings. The van der Waals surface area contributed by atoms with Gasteiger partial charge < -0.3 is 25.4 Å². The number of amides is 1. The molecular formula is C36H37F6N7O3S. The van der Waals surface area contributed by atoms with Crippen molar-refractivity contribution in [2.24, 2.45) is 5.92 Å². The summed E-state index contributed by atoms with van der Waals surface area (Å²) >= 11 is 0.670. The molecule has 5 heterocycles. The van der Waals surface area contributed by atoms with E-state index in [1.165, 1.54) is 0 Å². The Morgan fingerprint density at radius 1 is 1.26 bits per heavy atom. The highest BCUT2D eigenvalue weighted by Crippen LogP contribution is 2.48. The Kier molecular flexibility index (Phi) is 9.61. The number of alkyl halides is 4. The summed E-state index contributed by atoms with van der Waals surface area (Å²) in [4.78, 5) is 27.1. The molecule has 4 unspecified atom stereocenters. The van der Waals surface area contributed by atoms with Crippen LogP contribution in [0.25, 0.3) is 32.1 Å². The molecule has 7 rings (SSSR count). The molecule has 282 valence electrons. The van der Waals surface area contributed by atoms with Gasteiger partial charge in [-0.1, -0.05) is 13.0 Å². The number of nitrogen functional groups attached to an aromatic ring is 1. The number of likely N-dealkylation sites (tertiary alicyclic amines) is 1. The lowest BCUT2D eigenvalue weighted by molar-refractivity contribution is -0.137. The van der Waals surface area contributed by atoms with Gasteiger partial charge in [0, 0.05) is 55.0 Å². The average Bonchev–Trinajstić information content (AvgIpc) is 3.90. The number of nitrogens with two attached hydrogens (primary N) is 1. The highest BCUT2D eigenvalue weighted by Gasteiger charge is 2.49. The molecule has 2 aromatic carbocycles. The van der Waals surface area contributed by atoms with E-state index in [4.69, 9.17) is 10.5 Å². The molecule has 53 heavy (non-hydrogen) atoms. The highest BCUT2D eigenvalue weighted by molar-refractivity contribution is 7.23. The first kappa shape index (κ1) is 36.9. The van der Waals surface area contributed by atoms with Crippen molar-refractivity contribution < 1.29 is 41.0 Å². The molecule has 17 heteroatoms. The molecule has 0 bridgehead atoms. The number of hydrogen-bond acceptors (Lipinski definition) is 10. The fourth-order valence-corrected chi connectivity index (χ4v) is 9.23. The van der Waals surface area contributed by atoms with Gasteiger partial charge in [0.15, 0.2) is 5.82 Å². The molecule has 4 atom stereocenters. The maximum atomic E-state index is 17.2. The number of fused-ring (bicyclic) bond motifs is 3. The predicted molar refractivity (Wildman–Crippen MR) is 187 cm³/mol. The van der Waals surface area contributed by atoms with Gasteiger partial charge >= 0.3 is 12.2 Å². The van der Waals surface area contributed by atoms with Crippen LogP contribution < -0.4 is 15.4 Å². The van der Waals surface area contributed by atoms with Gasteiger partial charge in [0.05, 0.1) is 33.9 Å². The van der Waals surface area contributed by atoms with Crippen molar-refractivity contribution in [2.45, 2.75) is 63.5 Å². The van der Waals surface area contributed by atoms with Crippen LogP contribution in [-0.4, -0.2) is 94.5 Å². The van der Waals surface area contributed by atoms with Crippen molar-refractivity contribution in [3.05, 3.63) is 41.0 Å². The number of benzene rings is 2. The van der Waals surface area contributed by atoms with Gasteiger partial charge in [-0.25, -0.2) is 13.2 Å². The van der Waals surface area contributed by atoms with Crippen molar-refractivity contribution in [1.29, 1.82) is 5.26 Å². The second-order valence-electron chi connectivity index (χ2n) is 14.0. The van der Waals surface area contributed by atoms with E-state index in [1.807, 2.05) is 11.0 Å². The van der Waals surface area contributed by atoms with E-state index in [2.05, 4.69) is 9.97 Å². The minimum absolute atomic E-state index is 0.0390. The van der Waals surface area contributed by atoms with E-state index < -0.39 is 63.7 Å². The summed E-state index contributed by atoms with van der Waals surface area (Å²) < 4.78 is 98.0. The van der Waals surface area contributed by atoms with Crippen molar-refractivity contribution in [3.63, 3.8) is 0 Å². The molecule has 0 aliphatic carbocycles. The fourth-order valence-electron chi connectivity index (χ4n) is 8.28. The largest absolute Gasteiger partial charge is 0.461 e. The van der Waals surface area contributed by atoms with Crippen LogP contribution in [0.15, 0.2) is 18.2 Å². The minimum Gasteiger partial charge on any atom is -0.461 e. The molecule has 10 nitrogen and oxygen atoms in total. The average molecular weight is 762 g/mol. The Morgan fingerprint density at radius 3 is 2.74 bits per heavy atom. The topological polar surface area (TPSA) is 132 Å². The SMILES string of the molecule is CCN(c1nc(OCC23CCCN2CC(F)C3)nc2c(F)c(-c3ccc(F)c4sc(N)c(C#N)c34)c(C(F)(F)F)cc12)C1CCN(C(=O)C(C)CO)C1. The molecule has 0 spiro atoms. The second kappa shape index (κ2) is 13.8. The summed E-state index contributed by atoms with van der Waals surface area (Å²) in [6.45, 7) is 4.54. The number of anilines is 2. The van der Waals surface area contributed by atoms with E-state index in [0.717, 1.165) is 24.6 Å². The van der Waals surface area contributed by atoms with Gasteiger partial charge in [-0.15, -0.1) is 11.3 Å². The van der Waals surface area contributed by atoms with Gasteiger partial charge in [-0.05, 0) is 50.4 Å². The Labute approximate surface area is 304 Å². The lowest BCUT2D eigenvalue weighted by Crippen LogP contribution is -2.43. The normalized spacial score (nSPS) is 22.5. The van der Waals surface area contributed by atoms with Crippen molar-refractivity contribution >= 4 is 49.1 Å². The molecule has 4 aromatic rings. The lowest BCUT2D eigenvalue weighted by atomic mass is 9.92. The van der Waals surface area contributed by atoms with Crippen LogP contribution >= 0.6 is 11.3 Å². The molecule has 2 aromatic heterocycles. The van der Waals surface area contributed by atoms with Crippen molar-refractivity contribution in [2.75, 3.05) is 56.6 Å². The van der Waals surface area contributed by atoms with E-state index in [0.29, 0.717) is 37.3 Å². The van der Waals surface area contributed by atoms with E-state index >= 15 is 17.6 Å². The van der Waals surface area contributed by atoms with Crippen LogP contribution in [-0.2, 0) is 11.0 Å². The number of halogens is 6. The van der Waals surface area contributed by atoms with Gasteiger partial charge in [0.25, 0.3) is 0 Å². The predicted octanol–water partition coefficient (Wildman–Crippen LogP) is 6.27. The van der Waals surface area contributed by atoms with Gasteiger partial charge in [-0.3, -0.25) is 9.69 Å². The first-order chi connectivity index (χ1) is 25.2. The molecular weight excluding hydrogens is 724 g/mol. The van der Waals surface area contributed by atoms with Crippen LogP contribution in [0.1, 0.15) is 50.7 Å². The standard InChI is InChI=1S/C36H37F6N7O3S/c1-3-49(20-7-10-47(15-20)33(51)18(2)16-50)32-22-11-24(36(40,41)42)27(21-5-6-25(38)30-26(21)23(13-43)31(44)53-30)28(39)29(22)45-34(46-32)52-17-35-8-4-9-48(35)14-19(37)12-35/h5-6,11,18-20,50H,3-4,7-10,12,14-17,44H2,1-2H3. The fraction of sp³-hybridized carbons (Fsp3) is 0.500. The molecule has 1 amide bonds. The van der Waals surface area contributed by atoms with Gasteiger partial charge in [-0.2, -0.15) is 28.4 Å². The number of nitriles is 1. The monoisotopic (exact) mass is 761 g/mol. The van der Waals surface area contributed by atoms with E-state index in [9.17, 15) is 23.9 Å². The number of rotatable bonds is 9.